The molecular formula is C17H15BrO3. The molecule has 0 aliphatic rings. The Balaban J connectivity index is 2.38. The first-order valence-electron chi connectivity index (χ1n) is 6.56. The van der Waals surface area contributed by atoms with E-state index in [1.807, 2.05) is 60.7 Å². The van der Waals surface area contributed by atoms with Gasteiger partial charge in [0.05, 0.1) is 0 Å². The highest BCUT2D eigenvalue weighted by atomic mass is 79.9. The highest BCUT2D eigenvalue weighted by Gasteiger charge is 2.44. The molecule has 0 bridgehead atoms. The fraction of sp³-hybridized carbons (Fsp3) is 0.176. The maximum atomic E-state index is 12.1. The van der Waals surface area contributed by atoms with E-state index in [1.54, 1.807) is 0 Å². The number of carbonyl (C=O) groups is 2. The van der Waals surface area contributed by atoms with Crippen LogP contribution in [0.15, 0.2) is 60.7 Å². The third kappa shape index (κ3) is 3.58. The molecule has 0 saturated carbocycles. The lowest BCUT2D eigenvalue weighted by atomic mass is 9.78. The quantitative estimate of drug-likeness (QED) is 0.643. The zero-order chi connectivity index (χ0) is 15.3. The summed E-state index contributed by atoms with van der Waals surface area (Å²) in [7, 11) is 0. The average Bonchev–Trinajstić information content (AvgIpc) is 2.48. The molecule has 21 heavy (non-hydrogen) atoms. The van der Waals surface area contributed by atoms with Crippen molar-refractivity contribution in [2.24, 2.45) is 5.41 Å². The van der Waals surface area contributed by atoms with Crippen LogP contribution in [-0.2, 0) is 22.4 Å². The Bertz CT molecular complexity index is 565. The van der Waals surface area contributed by atoms with E-state index in [0.717, 1.165) is 11.1 Å². The molecule has 1 N–H and O–H groups in total. The Morgan fingerprint density at radius 1 is 0.857 bits per heavy atom. The van der Waals surface area contributed by atoms with Gasteiger partial charge in [0, 0.05) is 0 Å². The van der Waals surface area contributed by atoms with Crippen molar-refractivity contribution in [3.63, 3.8) is 0 Å². The first-order valence-corrected chi connectivity index (χ1v) is 7.35. The maximum Gasteiger partial charge on any atom is 0.318 e. The number of hydrogen-bond acceptors (Lipinski definition) is 2. The van der Waals surface area contributed by atoms with Gasteiger partial charge >= 0.3 is 5.97 Å². The molecule has 0 spiro atoms. The minimum atomic E-state index is -1.50. The molecule has 2 aromatic carbocycles. The van der Waals surface area contributed by atoms with E-state index in [-0.39, 0.29) is 12.8 Å². The van der Waals surface area contributed by atoms with Crippen LogP contribution in [0.25, 0.3) is 0 Å². The minimum absolute atomic E-state index is 0.155. The number of rotatable bonds is 6. The van der Waals surface area contributed by atoms with Gasteiger partial charge in [-0.2, -0.15) is 0 Å². The van der Waals surface area contributed by atoms with Crippen LogP contribution in [0.3, 0.4) is 0 Å². The Kier molecular flexibility index (Phi) is 4.91. The van der Waals surface area contributed by atoms with Crippen molar-refractivity contribution < 1.29 is 14.7 Å². The number of hydrogen-bond donors (Lipinski definition) is 1. The van der Waals surface area contributed by atoms with Crippen molar-refractivity contribution in [2.45, 2.75) is 12.8 Å². The van der Waals surface area contributed by atoms with Crippen LogP contribution in [0.2, 0.25) is 0 Å². The van der Waals surface area contributed by atoms with Crippen LogP contribution in [0.4, 0.5) is 0 Å². The first-order chi connectivity index (χ1) is 10.0. The van der Waals surface area contributed by atoms with Crippen LogP contribution in [-0.4, -0.2) is 15.8 Å². The number of carboxylic acids is 1. The summed E-state index contributed by atoms with van der Waals surface area (Å²) in [6.45, 7) is 0. The summed E-state index contributed by atoms with van der Waals surface area (Å²) in [6.07, 6.45) is 0.310. The van der Waals surface area contributed by atoms with Gasteiger partial charge in [-0.05, 0) is 39.9 Å². The molecule has 0 amide bonds. The zero-order valence-corrected chi connectivity index (χ0v) is 12.9. The lowest BCUT2D eigenvalue weighted by Gasteiger charge is -2.26. The van der Waals surface area contributed by atoms with E-state index < -0.39 is 16.1 Å². The van der Waals surface area contributed by atoms with Crippen molar-refractivity contribution in [3.8, 4) is 0 Å². The average molecular weight is 347 g/mol. The SMILES string of the molecule is O=C(O)C(Cc1ccccc1)(Cc1ccccc1)C(=O)Br. The van der Waals surface area contributed by atoms with E-state index in [2.05, 4.69) is 15.9 Å². The molecule has 2 aromatic rings. The van der Waals surface area contributed by atoms with E-state index in [4.69, 9.17) is 0 Å². The molecule has 0 atom stereocenters. The lowest BCUT2D eigenvalue weighted by molar-refractivity contribution is -0.151. The number of aliphatic carboxylic acids is 1. The molecule has 4 heteroatoms. The van der Waals surface area contributed by atoms with Gasteiger partial charge in [0.1, 0.15) is 5.41 Å². The molecule has 0 unspecified atom stereocenters. The van der Waals surface area contributed by atoms with Crippen LogP contribution in [0.1, 0.15) is 11.1 Å². The monoisotopic (exact) mass is 346 g/mol. The van der Waals surface area contributed by atoms with Gasteiger partial charge in [-0.15, -0.1) is 0 Å². The van der Waals surface area contributed by atoms with Crippen LogP contribution < -0.4 is 0 Å². The molecule has 2 rings (SSSR count). The summed E-state index contributed by atoms with van der Waals surface area (Å²) in [5.41, 5.74) is 0.148. The topological polar surface area (TPSA) is 54.4 Å². The molecular weight excluding hydrogens is 332 g/mol. The minimum Gasteiger partial charge on any atom is -0.480 e. The molecule has 0 fully saturated rings. The first kappa shape index (κ1) is 15.4. The number of benzene rings is 2. The Morgan fingerprint density at radius 2 is 1.24 bits per heavy atom. The van der Waals surface area contributed by atoms with Gasteiger partial charge in [0.15, 0.2) is 0 Å². The van der Waals surface area contributed by atoms with Crippen molar-refractivity contribution in [1.29, 1.82) is 0 Å². The molecule has 0 saturated heterocycles. The Hall–Kier alpha value is -1.94. The number of halogens is 1. The van der Waals surface area contributed by atoms with Gasteiger partial charge in [0.25, 0.3) is 0 Å². The predicted molar refractivity (Wildman–Crippen MR) is 84.3 cm³/mol. The third-order valence-corrected chi connectivity index (χ3v) is 4.24. The molecule has 108 valence electrons. The summed E-state index contributed by atoms with van der Waals surface area (Å²) < 4.78 is -0.504. The van der Waals surface area contributed by atoms with Crippen molar-refractivity contribution >= 4 is 26.6 Å². The maximum absolute atomic E-state index is 12.1. The lowest BCUT2D eigenvalue weighted by Crippen LogP contribution is -2.41. The van der Waals surface area contributed by atoms with Gasteiger partial charge < -0.3 is 5.11 Å². The fourth-order valence-corrected chi connectivity index (χ4v) is 2.78. The van der Waals surface area contributed by atoms with Crippen LogP contribution in [0, 0.1) is 5.41 Å². The largest absolute Gasteiger partial charge is 0.480 e. The summed E-state index contributed by atoms with van der Waals surface area (Å²) >= 11 is 2.89. The summed E-state index contributed by atoms with van der Waals surface area (Å²) in [5.74, 6) is -1.11. The van der Waals surface area contributed by atoms with Gasteiger partial charge in [-0.1, -0.05) is 60.7 Å². The van der Waals surface area contributed by atoms with E-state index in [1.165, 1.54) is 0 Å². The number of carbonyl (C=O) groups excluding carboxylic acids is 1. The number of carboxylic acid groups (broad SMARTS) is 1. The smallest absolute Gasteiger partial charge is 0.318 e. The fourth-order valence-electron chi connectivity index (χ4n) is 2.33. The van der Waals surface area contributed by atoms with E-state index >= 15 is 0 Å². The van der Waals surface area contributed by atoms with Crippen LogP contribution >= 0.6 is 15.9 Å². The third-order valence-electron chi connectivity index (χ3n) is 3.48. The Labute approximate surface area is 131 Å². The molecule has 0 heterocycles. The van der Waals surface area contributed by atoms with Crippen molar-refractivity contribution in [1.82, 2.24) is 0 Å². The second kappa shape index (κ2) is 6.68. The second-order valence-electron chi connectivity index (χ2n) is 4.99. The highest BCUT2D eigenvalue weighted by molar-refractivity contribution is 9.18. The highest BCUT2D eigenvalue weighted by Crippen LogP contribution is 2.32. The molecule has 3 nitrogen and oxygen atoms in total. The predicted octanol–water partition coefficient (Wildman–Crippen LogP) is 3.46. The molecule has 0 aliphatic carbocycles. The van der Waals surface area contributed by atoms with Crippen LogP contribution in [0.5, 0.6) is 0 Å². The zero-order valence-electron chi connectivity index (χ0n) is 11.3. The van der Waals surface area contributed by atoms with Gasteiger partial charge in [-0.3, -0.25) is 9.59 Å². The van der Waals surface area contributed by atoms with Gasteiger partial charge in [-0.25, -0.2) is 0 Å². The van der Waals surface area contributed by atoms with Gasteiger partial charge in [0.2, 0.25) is 4.69 Å². The Morgan fingerprint density at radius 3 is 1.52 bits per heavy atom. The summed E-state index contributed by atoms with van der Waals surface area (Å²) in [6, 6.07) is 18.4. The van der Waals surface area contributed by atoms with E-state index in [0.29, 0.717) is 0 Å². The normalized spacial score (nSPS) is 11.1. The molecule has 0 radical (unpaired) electrons. The molecule has 0 aliphatic heterocycles. The second-order valence-corrected chi connectivity index (χ2v) is 5.71. The van der Waals surface area contributed by atoms with Crippen molar-refractivity contribution in [2.75, 3.05) is 0 Å². The standard InChI is InChI=1S/C17H15BrO3/c18-15(19)17(16(20)21,11-13-7-3-1-4-8-13)12-14-9-5-2-6-10-14/h1-10H,11-12H2,(H,20,21). The van der Waals surface area contributed by atoms with E-state index in [9.17, 15) is 14.7 Å². The summed E-state index contributed by atoms with van der Waals surface area (Å²) in [5, 5.41) is 9.67. The summed E-state index contributed by atoms with van der Waals surface area (Å²) in [4.78, 5) is 23.9. The van der Waals surface area contributed by atoms with Crippen molar-refractivity contribution in [3.05, 3.63) is 71.8 Å². The molecule has 0 aromatic heterocycles.